The molecule has 3 aromatic carbocycles. The van der Waals surface area contributed by atoms with Crippen LogP contribution < -0.4 is 5.32 Å². The lowest BCUT2D eigenvalue weighted by Gasteiger charge is -2.39. The molecule has 4 heterocycles. The van der Waals surface area contributed by atoms with Gasteiger partial charge in [0.2, 0.25) is 17.7 Å². The molecule has 4 aliphatic rings. The summed E-state index contributed by atoms with van der Waals surface area (Å²) < 4.78 is 1.99. The standard InChI is InChI=1S/C46H41ClN6O4/c1-28-29(2)53(50-43(28)36-18-19-37(23-48)40(47)22-36)26-32-10-8-30(9-11-32)6-7-31-12-16-35(17-13-31)45(56)51-24-33(25-51)14-15-34-4-3-5-38-39(34)27-52(46(38)57)41-20-21-42(54)49-44(41)55/h3-5,8-11,18-19,22,31,33,35,41H,12-13,16-17,20-21,24-27H2,1-2H3,(H,49,54,55). The minimum absolute atomic E-state index is 0.0155. The Balaban J connectivity index is 0.804. The summed E-state index contributed by atoms with van der Waals surface area (Å²) in [6, 6.07) is 20.6. The number of benzene rings is 3. The maximum Gasteiger partial charge on any atom is 0.255 e. The van der Waals surface area contributed by atoms with Crippen molar-refractivity contribution in [3.8, 4) is 41.0 Å². The largest absolute Gasteiger partial charge is 0.340 e. The average Bonchev–Trinajstić information content (AvgIpc) is 3.68. The predicted octanol–water partition coefficient (Wildman–Crippen LogP) is 6.17. The number of hydrogen-bond acceptors (Lipinski definition) is 6. The molecule has 1 unspecified atom stereocenters. The summed E-state index contributed by atoms with van der Waals surface area (Å²) in [4.78, 5) is 54.0. The topological polar surface area (TPSA) is 128 Å². The summed E-state index contributed by atoms with van der Waals surface area (Å²) in [5.74, 6) is 13.0. The average molecular weight is 777 g/mol. The highest BCUT2D eigenvalue weighted by molar-refractivity contribution is 6.32. The Labute approximate surface area is 337 Å². The normalized spacial score (nSPS) is 20.4. The number of rotatable bonds is 5. The third-order valence-electron chi connectivity index (χ3n) is 11.8. The molecule has 1 saturated carbocycles. The summed E-state index contributed by atoms with van der Waals surface area (Å²) in [7, 11) is 0. The molecule has 286 valence electrons. The number of imide groups is 1. The van der Waals surface area contributed by atoms with Crippen molar-refractivity contribution in [1.82, 2.24) is 24.9 Å². The van der Waals surface area contributed by atoms with E-state index in [1.54, 1.807) is 29.2 Å². The summed E-state index contributed by atoms with van der Waals surface area (Å²) in [5.41, 5.74) is 8.52. The fraction of sp³-hybridized carbons (Fsp3) is 0.348. The first-order valence-corrected chi connectivity index (χ1v) is 19.9. The second kappa shape index (κ2) is 15.8. The van der Waals surface area contributed by atoms with Gasteiger partial charge in [-0.3, -0.25) is 29.2 Å². The van der Waals surface area contributed by atoms with E-state index in [0.717, 1.165) is 70.5 Å². The van der Waals surface area contributed by atoms with Crippen molar-refractivity contribution >= 4 is 35.2 Å². The van der Waals surface area contributed by atoms with Gasteiger partial charge in [-0.15, -0.1) is 0 Å². The Morgan fingerprint density at radius 1 is 0.912 bits per heavy atom. The van der Waals surface area contributed by atoms with Crippen LogP contribution in [0.3, 0.4) is 0 Å². The van der Waals surface area contributed by atoms with Crippen LogP contribution in [0.5, 0.6) is 0 Å². The van der Waals surface area contributed by atoms with E-state index >= 15 is 0 Å². The lowest BCUT2D eigenvalue weighted by Crippen LogP contribution is -2.52. The Morgan fingerprint density at radius 3 is 2.39 bits per heavy atom. The number of fused-ring (bicyclic) bond motifs is 1. The summed E-state index contributed by atoms with van der Waals surface area (Å²) in [5, 5.41) is 16.9. The number of halogens is 1. The molecule has 1 N–H and O–H groups in total. The van der Waals surface area contributed by atoms with Crippen LogP contribution in [0.4, 0.5) is 0 Å². The molecule has 3 aliphatic heterocycles. The second-order valence-electron chi connectivity index (χ2n) is 15.5. The molecule has 57 heavy (non-hydrogen) atoms. The fourth-order valence-corrected chi connectivity index (χ4v) is 8.47. The Hall–Kier alpha value is -6.15. The van der Waals surface area contributed by atoms with Crippen LogP contribution >= 0.6 is 11.6 Å². The number of amides is 4. The van der Waals surface area contributed by atoms with E-state index in [0.29, 0.717) is 42.2 Å². The van der Waals surface area contributed by atoms with E-state index in [4.69, 9.17) is 16.7 Å². The molecule has 3 fully saturated rings. The van der Waals surface area contributed by atoms with Gasteiger partial charge < -0.3 is 9.80 Å². The van der Waals surface area contributed by atoms with Gasteiger partial charge in [-0.05, 0) is 99.0 Å². The van der Waals surface area contributed by atoms with Crippen molar-refractivity contribution in [2.75, 3.05) is 13.1 Å². The van der Waals surface area contributed by atoms with E-state index in [1.165, 1.54) is 0 Å². The molecule has 1 aromatic heterocycles. The van der Waals surface area contributed by atoms with Crippen LogP contribution in [0, 0.1) is 66.6 Å². The molecule has 8 rings (SSSR count). The highest BCUT2D eigenvalue weighted by Crippen LogP contribution is 2.33. The fourth-order valence-electron chi connectivity index (χ4n) is 8.24. The Morgan fingerprint density at radius 2 is 1.67 bits per heavy atom. The van der Waals surface area contributed by atoms with Gasteiger partial charge >= 0.3 is 0 Å². The van der Waals surface area contributed by atoms with Gasteiger partial charge in [0.25, 0.3) is 5.91 Å². The number of hydrogen-bond donors (Lipinski definition) is 1. The predicted molar refractivity (Wildman–Crippen MR) is 214 cm³/mol. The zero-order valence-electron chi connectivity index (χ0n) is 31.9. The summed E-state index contributed by atoms with van der Waals surface area (Å²) >= 11 is 6.29. The van der Waals surface area contributed by atoms with Gasteiger partial charge in [0, 0.05) is 65.8 Å². The maximum absolute atomic E-state index is 13.3. The molecule has 1 aliphatic carbocycles. The third kappa shape index (κ3) is 7.69. The van der Waals surface area contributed by atoms with E-state index in [-0.39, 0.29) is 48.4 Å². The molecule has 10 nitrogen and oxygen atoms in total. The number of carbonyl (C=O) groups excluding carboxylic acids is 4. The highest BCUT2D eigenvalue weighted by atomic mass is 35.5. The quantitative estimate of drug-likeness (QED) is 0.191. The van der Waals surface area contributed by atoms with Crippen molar-refractivity contribution < 1.29 is 19.2 Å². The van der Waals surface area contributed by atoms with Crippen molar-refractivity contribution in [1.29, 1.82) is 5.26 Å². The summed E-state index contributed by atoms with van der Waals surface area (Å²) in [6.07, 6.45) is 3.99. The van der Waals surface area contributed by atoms with Gasteiger partial charge in [-0.2, -0.15) is 10.4 Å². The van der Waals surface area contributed by atoms with Gasteiger partial charge in [0.05, 0.1) is 28.7 Å². The van der Waals surface area contributed by atoms with Gasteiger partial charge in [0.1, 0.15) is 12.1 Å². The molecule has 0 bridgehead atoms. The monoisotopic (exact) mass is 776 g/mol. The first kappa shape index (κ1) is 37.8. The van der Waals surface area contributed by atoms with Crippen LogP contribution in [0.2, 0.25) is 5.02 Å². The Kier molecular flexibility index (Phi) is 10.4. The van der Waals surface area contributed by atoms with Crippen molar-refractivity contribution in [3.05, 3.63) is 110 Å². The first-order valence-electron chi connectivity index (χ1n) is 19.5. The number of nitrogens with zero attached hydrogens (tertiary/aromatic N) is 5. The molecule has 4 aromatic rings. The van der Waals surface area contributed by atoms with Crippen molar-refractivity contribution in [3.63, 3.8) is 0 Å². The van der Waals surface area contributed by atoms with Crippen LogP contribution in [-0.2, 0) is 27.5 Å². The first-order chi connectivity index (χ1) is 27.6. The highest BCUT2D eigenvalue weighted by Gasteiger charge is 2.40. The van der Waals surface area contributed by atoms with Crippen LogP contribution in [-0.4, -0.2) is 62.3 Å². The number of aromatic nitrogens is 2. The van der Waals surface area contributed by atoms with Crippen LogP contribution in [0.25, 0.3) is 11.3 Å². The lowest BCUT2D eigenvalue weighted by atomic mass is 9.81. The number of nitriles is 1. The van der Waals surface area contributed by atoms with E-state index in [2.05, 4.69) is 66.3 Å². The number of carbonyl (C=O) groups is 4. The van der Waals surface area contributed by atoms with Crippen molar-refractivity contribution in [2.45, 2.75) is 71.5 Å². The molecule has 4 amide bonds. The molecule has 0 radical (unpaired) electrons. The van der Waals surface area contributed by atoms with Gasteiger partial charge in [0.15, 0.2) is 0 Å². The minimum atomic E-state index is -0.664. The van der Waals surface area contributed by atoms with E-state index in [1.807, 2.05) is 28.6 Å². The lowest BCUT2D eigenvalue weighted by molar-refractivity contribution is -0.142. The zero-order chi connectivity index (χ0) is 39.8. The number of likely N-dealkylation sites (tertiary alicyclic amines) is 1. The smallest absolute Gasteiger partial charge is 0.255 e. The van der Waals surface area contributed by atoms with Crippen molar-refractivity contribution in [2.24, 2.45) is 17.8 Å². The number of piperidine rings is 1. The molecule has 0 spiro atoms. The molecule has 11 heteroatoms. The number of nitrogens with one attached hydrogen (secondary N) is 1. The third-order valence-corrected chi connectivity index (χ3v) is 12.2. The van der Waals surface area contributed by atoms with E-state index in [9.17, 15) is 24.4 Å². The SMILES string of the molecule is Cc1c(-c2ccc(C#N)c(Cl)c2)nn(Cc2ccc(C#CC3CCC(C(=O)N4CC(C#Cc5cccc6c5CN(C5CCC(=O)NC5=O)C6=O)C4)CC3)cc2)c1C. The minimum Gasteiger partial charge on any atom is -0.340 e. The van der Waals surface area contributed by atoms with Crippen LogP contribution in [0.1, 0.15) is 88.0 Å². The van der Waals surface area contributed by atoms with E-state index < -0.39 is 11.9 Å². The van der Waals surface area contributed by atoms with Gasteiger partial charge in [-0.1, -0.05) is 59.5 Å². The Bertz CT molecular complexity index is 2480. The maximum atomic E-state index is 13.3. The molecular formula is C46H41ClN6O4. The molecular weight excluding hydrogens is 736 g/mol. The molecule has 2 saturated heterocycles. The second-order valence-corrected chi connectivity index (χ2v) is 15.9. The molecule has 1 atom stereocenters. The zero-order valence-corrected chi connectivity index (χ0v) is 32.7. The van der Waals surface area contributed by atoms with Gasteiger partial charge in [-0.25, -0.2) is 0 Å². The van der Waals surface area contributed by atoms with Crippen LogP contribution in [0.15, 0.2) is 60.7 Å². The summed E-state index contributed by atoms with van der Waals surface area (Å²) in [6.45, 7) is 6.21.